The number of benzene rings is 1. The minimum absolute atomic E-state index is 0.0390. The Balaban J connectivity index is 1.67. The SMILES string of the molecule is CC(C)[C@H](NC(=O)CCn1cnc2sccc2c1=O)c1ccccc1. The number of carbonyl (C=O) groups excluding carboxylic acids is 1. The summed E-state index contributed by atoms with van der Waals surface area (Å²) >= 11 is 1.44. The van der Waals surface area contributed by atoms with Crippen molar-refractivity contribution in [1.82, 2.24) is 14.9 Å². The van der Waals surface area contributed by atoms with Gasteiger partial charge in [0, 0.05) is 13.0 Å². The number of amides is 1. The molecule has 0 fully saturated rings. The van der Waals surface area contributed by atoms with Crippen molar-refractivity contribution in [2.24, 2.45) is 5.92 Å². The van der Waals surface area contributed by atoms with Crippen LogP contribution in [0.2, 0.25) is 0 Å². The molecule has 1 N–H and O–H groups in total. The van der Waals surface area contributed by atoms with Gasteiger partial charge in [0.15, 0.2) is 0 Å². The van der Waals surface area contributed by atoms with Crippen LogP contribution in [0.5, 0.6) is 0 Å². The molecule has 0 aliphatic heterocycles. The maximum Gasteiger partial charge on any atom is 0.262 e. The van der Waals surface area contributed by atoms with Gasteiger partial charge in [-0.15, -0.1) is 11.3 Å². The fourth-order valence-corrected chi connectivity index (χ4v) is 3.54. The molecule has 0 spiro atoms. The van der Waals surface area contributed by atoms with E-state index in [0.717, 1.165) is 10.4 Å². The van der Waals surface area contributed by atoms with Crippen LogP contribution < -0.4 is 10.9 Å². The summed E-state index contributed by atoms with van der Waals surface area (Å²) in [6.07, 6.45) is 1.76. The monoisotopic (exact) mass is 355 g/mol. The van der Waals surface area contributed by atoms with E-state index in [-0.39, 0.29) is 29.8 Å². The summed E-state index contributed by atoms with van der Waals surface area (Å²) in [6, 6.07) is 11.7. The van der Waals surface area contributed by atoms with Crippen LogP contribution in [0.25, 0.3) is 10.2 Å². The van der Waals surface area contributed by atoms with E-state index in [1.807, 2.05) is 35.7 Å². The van der Waals surface area contributed by atoms with E-state index < -0.39 is 0 Å². The first kappa shape index (κ1) is 17.4. The number of aromatic nitrogens is 2. The molecule has 130 valence electrons. The highest BCUT2D eigenvalue weighted by molar-refractivity contribution is 7.16. The van der Waals surface area contributed by atoms with E-state index in [9.17, 15) is 9.59 Å². The van der Waals surface area contributed by atoms with E-state index in [2.05, 4.69) is 24.1 Å². The molecule has 1 atom stereocenters. The van der Waals surface area contributed by atoms with Crippen LogP contribution >= 0.6 is 11.3 Å². The molecule has 0 radical (unpaired) electrons. The van der Waals surface area contributed by atoms with Crippen LogP contribution in [-0.2, 0) is 11.3 Å². The van der Waals surface area contributed by atoms with Gasteiger partial charge in [-0.1, -0.05) is 44.2 Å². The summed E-state index contributed by atoms with van der Waals surface area (Å²) in [6.45, 7) is 4.48. The Labute approximate surface area is 150 Å². The zero-order chi connectivity index (χ0) is 17.8. The predicted molar refractivity (Wildman–Crippen MR) is 101 cm³/mol. The van der Waals surface area contributed by atoms with Gasteiger partial charge in [-0.3, -0.25) is 14.2 Å². The molecule has 0 aliphatic rings. The van der Waals surface area contributed by atoms with Gasteiger partial charge in [-0.2, -0.15) is 0 Å². The van der Waals surface area contributed by atoms with Crippen molar-refractivity contribution in [3.63, 3.8) is 0 Å². The van der Waals surface area contributed by atoms with Gasteiger partial charge in [-0.05, 0) is 22.9 Å². The fourth-order valence-electron chi connectivity index (χ4n) is 2.82. The summed E-state index contributed by atoms with van der Waals surface area (Å²) < 4.78 is 1.50. The van der Waals surface area contributed by atoms with Gasteiger partial charge < -0.3 is 5.32 Å². The largest absolute Gasteiger partial charge is 0.349 e. The molecule has 3 aromatic rings. The van der Waals surface area contributed by atoms with Crippen molar-refractivity contribution < 1.29 is 4.79 Å². The number of nitrogens with zero attached hydrogens (tertiary/aromatic N) is 2. The molecular formula is C19H21N3O2S. The van der Waals surface area contributed by atoms with Crippen molar-refractivity contribution >= 4 is 27.5 Å². The van der Waals surface area contributed by atoms with Crippen molar-refractivity contribution in [2.45, 2.75) is 32.9 Å². The number of fused-ring (bicyclic) bond motifs is 1. The minimum Gasteiger partial charge on any atom is -0.349 e. The number of thiophene rings is 1. The van der Waals surface area contributed by atoms with E-state index in [1.165, 1.54) is 22.2 Å². The Morgan fingerprint density at radius 2 is 2.00 bits per heavy atom. The molecule has 1 aromatic carbocycles. The third-order valence-corrected chi connectivity index (χ3v) is 4.99. The van der Waals surface area contributed by atoms with E-state index in [0.29, 0.717) is 11.9 Å². The Morgan fingerprint density at radius 1 is 1.24 bits per heavy atom. The number of hydrogen-bond acceptors (Lipinski definition) is 4. The molecule has 25 heavy (non-hydrogen) atoms. The molecule has 2 heterocycles. The number of hydrogen-bond donors (Lipinski definition) is 1. The summed E-state index contributed by atoms with van der Waals surface area (Å²) in [5.74, 6) is 0.206. The second-order valence-electron chi connectivity index (χ2n) is 6.33. The Kier molecular flexibility index (Phi) is 5.28. The number of rotatable bonds is 6. The Bertz CT molecular complexity index is 915. The topological polar surface area (TPSA) is 64.0 Å². The van der Waals surface area contributed by atoms with Gasteiger partial charge in [-0.25, -0.2) is 4.98 Å². The summed E-state index contributed by atoms with van der Waals surface area (Å²) in [7, 11) is 0. The predicted octanol–water partition coefficient (Wildman–Crippen LogP) is 3.36. The zero-order valence-electron chi connectivity index (χ0n) is 14.3. The van der Waals surface area contributed by atoms with Crippen LogP contribution in [0, 0.1) is 5.92 Å². The molecule has 3 rings (SSSR count). The molecule has 0 bridgehead atoms. The normalized spacial score (nSPS) is 12.4. The van der Waals surface area contributed by atoms with Crippen molar-refractivity contribution in [3.8, 4) is 0 Å². The lowest BCUT2D eigenvalue weighted by molar-refractivity contribution is -0.122. The van der Waals surface area contributed by atoms with Gasteiger partial charge in [0.2, 0.25) is 5.91 Å². The maximum atomic E-state index is 12.4. The molecule has 0 unspecified atom stereocenters. The second kappa shape index (κ2) is 7.61. The quantitative estimate of drug-likeness (QED) is 0.737. The summed E-state index contributed by atoms with van der Waals surface area (Å²) in [4.78, 5) is 29.7. The molecular weight excluding hydrogens is 334 g/mol. The Morgan fingerprint density at radius 3 is 2.72 bits per heavy atom. The number of nitrogens with one attached hydrogen (secondary N) is 1. The van der Waals surface area contributed by atoms with Gasteiger partial charge >= 0.3 is 0 Å². The third-order valence-electron chi connectivity index (χ3n) is 4.17. The maximum absolute atomic E-state index is 12.4. The average molecular weight is 355 g/mol. The van der Waals surface area contributed by atoms with Crippen LogP contribution in [-0.4, -0.2) is 15.5 Å². The van der Waals surface area contributed by atoms with Crippen molar-refractivity contribution in [3.05, 3.63) is 64.0 Å². The van der Waals surface area contributed by atoms with E-state index in [1.54, 1.807) is 6.07 Å². The fraction of sp³-hybridized carbons (Fsp3) is 0.316. The first-order chi connectivity index (χ1) is 12.1. The van der Waals surface area contributed by atoms with Gasteiger partial charge in [0.1, 0.15) is 4.83 Å². The highest BCUT2D eigenvalue weighted by Gasteiger charge is 2.18. The van der Waals surface area contributed by atoms with E-state index >= 15 is 0 Å². The smallest absolute Gasteiger partial charge is 0.262 e. The number of carbonyl (C=O) groups is 1. The molecule has 5 nitrogen and oxygen atoms in total. The first-order valence-electron chi connectivity index (χ1n) is 8.33. The van der Waals surface area contributed by atoms with Crippen LogP contribution in [0.1, 0.15) is 31.9 Å². The lowest BCUT2D eigenvalue weighted by atomic mass is 9.96. The first-order valence-corrected chi connectivity index (χ1v) is 9.21. The lowest BCUT2D eigenvalue weighted by Gasteiger charge is -2.23. The van der Waals surface area contributed by atoms with Gasteiger partial charge in [0.05, 0.1) is 17.8 Å². The molecule has 0 saturated heterocycles. The zero-order valence-corrected chi connectivity index (χ0v) is 15.1. The number of aryl methyl sites for hydroxylation is 1. The molecule has 0 aliphatic carbocycles. The summed E-state index contributed by atoms with van der Waals surface area (Å²) in [5.41, 5.74) is 0.992. The standard InChI is InChI=1S/C19H21N3O2S/c1-13(2)17(14-6-4-3-5-7-14)21-16(23)8-10-22-12-20-18-15(19(22)24)9-11-25-18/h3-7,9,11-13,17H,8,10H2,1-2H3,(H,21,23)/t17-/m0/s1. The van der Waals surface area contributed by atoms with Gasteiger partial charge in [0.25, 0.3) is 5.56 Å². The molecule has 6 heteroatoms. The van der Waals surface area contributed by atoms with E-state index in [4.69, 9.17) is 0 Å². The third kappa shape index (κ3) is 3.96. The molecule has 2 aromatic heterocycles. The highest BCUT2D eigenvalue weighted by Crippen LogP contribution is 2.21. The Hall–Kier alpha value is -2.47. The van der Waals surface area contributed by atoms with Crippen molar-refractivity contribution in [2.75, 3.05) is 0 Å². The highest BCUT2D eigenvalue weighted by atomic mass is 32.1. The lowest BCUT2D eigenvalue weighted by Crippen LogP contribution is -2.33. The second-order valence-corrected chi connectivity index (χ2v) is 7.23. The summed E-state index contributed by atoms with van der Waals surface area (Å²) in [5, 5.41) is 5.54. The average Bonchev–Trinajstić information content (AvgIpc) is 3.09. The van der Waals surface area contributed by atoms with Crippen molar-refractivity contribution in [1.29, 1.82) is 0 Å². The molecule has 1 amide bonds. The minimum atomic E-state index is -0.0949. The van der Waals surface area contributed by atoms with Crippen LogP contribution in [0.3, 0.4) is 0 Å². The van der Waals surface area contributed by atoms with Crippen LogP contribution in [0.4, 0.5) is 0 Å². The molecule has 0 saturated carbocycles. The van der Waals surface area contributed by atoms with Crippen LogP contribution in [0.15, 0.2) is 52.9 Å².